The average Bonchev–Trinajstić information content (AvgIpc) is 2.53. The number of rotatable bonds is 5. The number of hydrogen-bond donors (Lipinski definition) is 1. The maximum absolute atomic E-state index is 11.9. The van der Waals surface area contributed by atoms with Crippen LogP contribution in [0, 0.1) is 0 Å². The number of nitrogens with zero attached hydrogens (tertiary/aromatic N) is 2. The molecule has 1 aromatic heterocycles. The summed E-state index contributed by atoms with van der Waals surface area (Å²) in [6.45, 7) is 0.144. The molecule has 0 aliphatic heterocycles. The molecule has 0 radical (unpaired) electrons. The molecule has 1 aromatic carbocycles. The largest absolute Gasteiger partial charge is 0.496 e. The summed E-state index contributed by atoms with van der Waals surface area (Å²) in [5, 5.41) is 2.72. The van der Waals surface area contributed by atoms with Gasteiger partial charge in [-0.15, -0.1) is 0 Å². The molecule has 0 atom stereocenters. The fourth-order valence-electron chi connectivity index (χ4n) is 1.99. The molecular weight excluding hydrogens is 286 g/mol. The van der Waals surface area contributed by atoms with E-state index in [1.165, 1.54) is 23.9 Å². The summed E-state index contributed by atoms with van der Waals surface area (Å²) in [6, 6.07) is 8.58. The van der Waals surface area contributed by atoms with Crippen molar-refractivity contribution in [1.29, 1.82) is 0 Å². The SMILES string of the molecule is COc1ccccc1CNC(=O)Cn1ccc(=O)n(C)c1=O. The zero-order chi connectivity index (χ0) is 16.1. The second kappa shape index (κ2) is 6.75. The second-order valence-corrected chi connectivity index (χ2v) is 4.71. The Kier molecular flexibility index (Phi) is 4.77. The highest BCUT2D eigenvalue weighted by molar-refractivity contribution is 5.75. The number of aromatic nitrogens is 2. The smallest absolute Gasteiger partial charge is 0.331 e. The number of para-hydroxylation sites is 1. The van der Waals surface area contributed by atoms with E-state index >= 15 is 0 Å². The molecule has 0 unspecified atom stereocenters. The van der Waals surface area contributed by atoms with Gasteiger partial charge in [-0.05, 0) is 6.07 Å². The first kappa shape index (κ1) is 15.6. The second-order valence-electron chi connectivity index (χ2n) is 4.71. The normalized spacial score (nSPS) is 10.3. The number of nitrogens with one attached hydrogen (secondary N) is 1. The van der Waals surface area contributed by atoms with Gasteiger partial charge in [-0.1, -0.05) is 18.2 Å². The monoisotopic (exact) mass is 303 g/mol. The molecule has 22 heavy (non-hydrogen) atoms. The van der Waals surface area contributed by atoms with Crippen molar-refractivity contribution in [2.24, 2.45) is 7.05 Å². The molecule has 0 fully saturated rings. The number of benzene rings is 1. The molecule has 0 spiro atoms. The van der Waals surface area contributed by atoms with Crippen molar-refractivity contribution in [2.45, 2.75) is 13.1 Å². The molecule has 1 N–H and O–H groups in total. The fourth-order valence-corrected chi connectivity index (χ4v) is 1.99. The van der Waals surface area contributed by atoms with Crippen molar-refractivity contribution >= 4 is 5.91 Å². The van der Waals surface area contributed by atoms with E-state index in [0.717, 1.165) is 10.1 Å². The molecule has 0 aliphatic rings. The van der Waals surface area contributed by atoms with E-state index < -0.39 is 11.2 Å². The van der Waals surface area contributed by atoms with Crippen LogP contribution in [0.25, 0.3) is 0 Å². The first-order valence-electron chi connectivity index (χ1n) is 6.68. The number of amides is 1. The molecular formula is C15H17N3O4. The minimum absolute atomic E-state index is 0.151. The van der Waals surface area contributed by atoms with Crippen LogP contribution < -0.4 is 21.3 Å². The molecule has 0 saturated carbocycles. The van der Waals surface area contributed by atoms with Crippen LogP contribution in [0.3, 0.4) is 0 Å². The van der Waals surface area contributed by atoms with Crippen molar-refractivity contribution in [1.82, 2.24) is 14.5 Å². The molecule has 0 bridgehead atoms. The number of hydrogen-bond acceptors (Lipinski definition) is 4. The van der Waals surface area contributed by atoms with E-state index in [4.69, 9.17) is 4.74 Å². The molecule has 0 saturated heterocycles. The third-order valence-electron chi connectivity index (χ3n) is 3.24. The number of carbonyl (C=O) groups excluding carboxylic acids is 1. The van der Waals surface area contributed by atoms with E-state index in [1.807, 2.05) is 18.2 Å². The first-order valence-corrected chi connectivity index (χ1v) is 6.68. The summed E-state index contributed by atoms with van der Waals surface area (Å²) < 4.78 is 7.33. The van der Waals surface area contributed by atoms with Gasteiger partial charge in [0.05, 0.1) is 7.11 Å². The van der Waals surface area contributed by atoms with E-state index in [-0.39, 0.29) is 12.5 Å². The molecule has 0 aliphatic carbocycles. The summed E-state index contributed by atoms with van der Waals surface area (Å²) in [4.78, 5) is 35.1. The molecule has 1 heterocycles. The van der Waals surface area contributed by atoms with Gasteiger partial charge in [0.25, 0.3) is 5.56 Å². The van der Waals surface area contributed by atoms with Gasteiger partial charge in [0.2, 0.25) is 5.91 Å². The van der Waals surface area contributed by atoms with Gasteiger partial charge in [0.15, 0.2) is 0 Å². The Labute approximate surface area is 126 Å². The van der Waals surface area contributed by atoms with Crippen LogP contribution in [0.1, 0.15) is 5.56 Å². The molecule has 2 aromatic rings. The summed E-state index contributed by atoms with van der Waals surface area (Å²) in [7, 11) is 2.93. The van der Waals surface area contributed by atoms with Gasteiger partial charge in [0, 0.05) is 31.4 Å². The van der Waals surface area contributed by atoms with Gasteiger partial charge >= 0.3 is 5.69 Å². The lowest BCUT2D eigenvalue weighted by Gasteiger charge is -2.10. The van der Waals surface area contributed by atoms with E-state index in [9.17, 15) is 14.4 Å². The van der Waals surface area contributed by atoms with Crippen LogP contribution in [-0.2, 0) is 24.9 Å². The van der Waals surface area contributed by atoms with Crippen molar-refractivity contribution in [3.63, 3.8) is 0 Å². The predicted octanol–water partition coefficient (Wildman–Crippen LogP) is -0.128. The number of ether oxygens (including phenoxy) is 1. The topological polar surface area (TPSA) is 82.3 Å². The lowest BCUT2D eigenvalue weighted by molar-refractivity contribution is -0.121. The summed E-state index contributed by atoms with van der Waals surface area (Å²) in [5.41, 5.74) is -0.0956. The minimum Gasteiger partial charge on any atom is -0.496 e. The lowest BCUT2D eigenvalue weighted by Crippen LogP contribution is -2.40. The maximum Gasteiger partial charge on any atom is 0.331 e. The summed E-state index contributed by atoms with van der Waals surface area (Å²) in [6.07, 6.45) is 1.31. The molecule has 1 amide bonds. The number of carbonyl (C=O) groups is 1. The van der Waals surface area contributed by atoms with Gasteiger partial charge in [-0.3, -0.25) is 18.7 Å². The Hall–Kier alpha value is -2.83. The van der Waals surface area contributed by atoms with Gasteiger partial charge in [0.1, 0.15) is 12.3 Å². The first-order chi connectivity index (χ1) is 10.5. The third kappa shape index (κ3) is 3.43. The Morgan fingerprint density at radius 3 is 2.68 bits per heavy atom. The number of methoxy groups -OCH3 is 1. The summed E-state index contributed by atoms with van der Waals surface area (Å²) >= 11 is 0. The van der Waals surface area contributed by atoms with Crippen LogP contribution in [0.5, 0.6) is 5.75 Å². The Morgan fingerprint density at radius 2 is 1.95 bits per heavy atom. The Bertz CT molecular complexity index is 792. The molecule has 2 rings (SSSR count). The Balaban J connectivity index is 2.04. The zero-order valence-corrected chi connectivity index (χ0v) is 12.4. The highest BCUT2D eigenvalue weighted by Crippen LogP contribution is 2.16. The Morgan fingerprint density at radius 1 is 1.23 bits per heavy atom. The maximum atomic E-state index is 11.9. The molecule has 116 valence electrons. The van der Waals surface area contributed by atoms with E-state index in [2.05, 4.69) is 5.32 Å². The van der Waals surface area contributed by atoms with Crippen molar-refractivity contribution in [2.75, 3.05) is 7.11 Å². The van der Waals surface area contributed by atoms with Crippen LogP contribution in [0.15, 0.2) is 46.1 Å². The van der Waals surface area contributed by atoms with Crippen LogP contribution >= 0.6 is 0 Å². The third-order valence-corrected chi connectivity index (χ3v) is 3.24. The molecule has 7 nitrogen and oxygen atoms in total. The zero-order valence-electron chi connectivity index (χ0n) is 12.4. The van der Waals surface area contributed by atoms with Crippen molar-refractivity contribution in [3.05, 3.63) is 62.9 Å². The lowest BCUT2D eigenvalue weighted by atomic mass is 10.2. The standard InChI is InChI=1S/C15H17N3O4/c1-17-14(20)7-8-18(15(17)21)10-13(19)16-9-11-5-3-4-6-12(11)22-2/h3-8H,9-10H2,1-2H3,(H,16,19). The summed E-state index contributed by atoms with van der Waals surface area (Å²) in [5.74, 6) is 0.355. The van der Waals surface area contributed by atoms with Crippen LogP contribution in [-0.4, -0.2) is 22.2 Å². The predicted molar refractivity (Wildman–Crippen MR) is 80.8 cm³/mol. The van der Waals surface area contributed by atoms with Gasteiger partial charge in [-0.2, -0.15) is 0 Å². The van der Waals surface area contributed by atoms with Gasteiger partial charge in [-0.25, -0.2) is 4.79 Å². The quantitative estimate of drug-likeness (QED) is 0.834. The van der Waals surface area contributed by atoms with E-state index in [0.29, 0.717) is 12.3 Å². The van der Waals surface area contributed by atoms with Crippen molar-refractivity contribution in [3.8, 4) is 5.75 Å². The molecule has 7 heteroatoms. The average molecular weight is 303 g/mol. The minimum atomic E-state index is -0.528. The van der Waals surface area contributed by atoms with E-state index in [1.54, 1.807) is 13.2 Å². The van der Waals surface area contributed by atoms with Crippen molar-refractivity contribution < 1.29 is 9.53 Å². The fraction of sp³-hybridized carbons (Fsp3) is 0.267. The highest BCUT2D eigenvalue weighted by Gasteiger charge is 2.08. The van der Waals surface area contributed by atoms with Crippen LogP contribution in [0.4, 0.5) is 0 Å². The van der Waals surface area contributed by atoms with Gasteiger partial charge < -0.3 is 10.1 Å². The van der Waals surface area contributed by atoms with Crippen LogP contribution in [0.2, 0.25) is 0 Å². The highest BCUT2D eigenvalue weighted by atomic mass is 16.5.